The van der Waals surface area contributed by atoms with E-state index in [4.69, 9.17) is 10.6 Å². The number of hydrogen-bond donors (Lipinski definition) is 3. The highest BCUT2D eigenvalue weighted by molar-refractivity contribution is 8.14. The molecule has 0 aromatic carbocycles. The van der Waals surface area contributed by atoms with E-state index < -0.39 is 40.9 Å². The molecule has 0 spiro atoms. The lowest BCUT2D eigenvalue weighted by molar-refractivity contribution is -0.150. The highest BCUT2D eigenvalue weighted by atomic mass is 32.2. The number of aliphatic imine (C=N–C) groups is 1. The number of amides is 3. The first-order valence-electron chi connectivity index (χ1n) is 10.2. The number of hydrogen-bond acceptors (Lipinski definition) is 13. The molecule has 4 heterocycles. The predicted molar refractivity (Wildman–Crippen MR) is 132 cm³/mol. The third kappa shape index (κ3) is 4.80. The fourth-order valence-corrected chi connectivity index (χ4v) is 6.57. The van der Waals surface area contributed by atoms with Crippen LogP contribution >= 0.6 is 34.9 Å². The van der Waals surface area contributed by atoms with Crippen LogP contribution in [0.25, 0.3) is 0 Å². The monoisotopic (exact) mass is 553 g/mol. The van der Waals surface area contributed by atoms with Gasteiger partial charge in [0.25, 0.3) is 11.8 Å². The number of aliphatic carboxylic acids is 1. The van der Waals surface area contributed by atoms with Crippen molar-refractivity contribution in [3.05, 3.63) is 22.3 Å². The van der Waals surface area contributed by atoms with Gasteiger partial charge >= 0.3 is 11.9 Å². The number of aromatic nitrogens is 1. The largest absolute Gasteiger partial charge is 0.477 e. The zero-order valence-electron chi connectivity index (χ0n) is 18.8. The minimum atomic E-state index is -1.29. The number of nitrogens with two attached hydrogens (primary N) is 1. The maximum atomic E-state index is 12.9. The van der Waals surface area contributed by atoms with E-state index in [-0.39, 0.29) is 45.5 Å². The van der Waals surface area contributed by atoms with Crippen molar-refractivity contribution in [2.24, 2.45) is 10.1 Å². The fraction of sp³-hybridized carbons (Fsp3) is 0.368. The Labute approximate surface area is 216 Å². The summed E-state index contributed by atoms with van der Waals surface area (Å²) in [6, 6.07) is -0.985. The summed E-state index contributed by atoms with van der Waals surface area (Å²) in [6.45, 7) is -0.111. The number of carbonyl (C=O) groups excluding carboxylic acids is 4. The number of likely N-dealkylation sites (N-methyl/N-ethyl adjacent to an activating group) is 1. The standard InChI is InChI=1S/C19H19N7O7S3/c1-25-3-9(27)13(28)23-19(25)36-5-7-4-34-16-11(15(30)26(16)12(7)17(31)32)22-14(29)10(24-33-2)8-6-35-18(20)21-8/h6,11,16H,3-5H2,1-2H3,(H2,20,21)(H,22,29)(H,31,32)/b24-10-/t11-,16-/m1/s1. The smallest absolute Gasteiger partial charge is 0.352 e. The summed E-state index contributed by atoms with van der Waals surface area (Å²) in [5.74, 6) is -3.68. The number of amidine groups is 1. The number of thioether (sulfide) groups is 2. The lowest BCUT2D eigenvalue weighted by Gasteiger charge is -2.49. The van der Waals surface area contributed by atoms with Gasteiger partial charge in [0.1, 0.15) is 29.9 Å². The van der Waals surface area contributed by atoms with Crippen molar-refractivity contribution in [3.8, 4) is 0 Å². The normalized spacial score (nSPS) is 22.2. The molecule has 1 aromatic heterocycles. The molecule has 4 N–H and O–H groups in total. The third-order valence-corrected chi connectivity index (χ3v) is 8.38. The number of carbonyl (C=O) groups is 5. The number of nitrogens with zero attached hydrogens (tertiary/aromatic N) is 5. The number of ketones is 1. The topological polar surface area (TPSA) is 197 Å². The molecular formula is C19H19N7O7S3. The Balaban J connectivity index is 1.48. The van der Waals surface area contributed by atoms with Gasteiger partial charge in [0.2, 0.25) is 5.78 Å². The van der Waals surface area contributed by atoms with Gasteiger partial charge in [-0.15, -0.1) is 23.1 Å². The number of carboxylic acid groups (broad SMARTS) is 1. The molecule has 190 valence electrons. The van der Waals surface area contributed by atoms with E-state index in [1.165, 1.54) is 29.2 Å². The molecule has 0 saturated carbocycles. The summed E-state index contributed by atoms with van der Waals surface area (Å²) in [5, 5.41) is 17.5. The Morgan fingerprint density at radius 1 is 1.39 bits per heavy atom. The van der Waals surface area contributed by atoms with Crippen LogP contribution in [-0.4, -0.2) is 104 Å². The van der Waals surface area contributed by atoms with Gasteiger partial charge in [-0.05, 0) is 5.57 Å². The molecule has 3 aliphatic heterocycles. The van der Waals surface area contributed by atoms with Crippen LogP contribution in [0.4, 0.5) is 5.13 Å². The number of nitrogens with one attached hydrogen (secondary N) is 1. The summed E-state index contributed by atoms with van der Waals surface area (Å²) in [4.78, 5) is 76.0. The van der Waals surface area contributed by atoms with Crippen LogP contribution in [0.5, 0.6) is 0 Å². The molecule has 14 nitrogen and oxygen atoms in total. The quantitative estimate of drug-likeness (QED) is 0.160. The van der Waals surface area contributed by atoms with E-state index in [2.05, 4.69) is 20.4 Å². The van der Waals surface area contributed by atoms with Gasteiger partial charge in [-0.2, -0.15) is 4.99 Å². The van der Waals surface area contributed by atoms with Crippen molar-refractivity contribution in [3.63, 3.8) is 0 Å². The van der Waals surface area contributed by atoms with Crippen LogP contribution < -0.4 is 11.1 Å². The number of Topliss-reactive ketones (excluding diaryl/α,β-unsaturated/α-hetero) is 1. The average molecular weight is 554 g/mol. The first kappa shape index (κ1) is 25.6. The highest BCUT2D eigenvalue weighted by Crippen LogP contribution is 2.41. The van der Waals surface area contributed by atoms with E-state index in [9.17, 15) is 29.1 Å². The van der Waals surface area contributed by atoms with Crippen molar-refractivity contribution >= 4 is 80.3 Å². The van der Waals surface area contributed by atoms with Crippen LogP contribution in [0.15, 0.2) is 26.8 Å². The first-order valence-corrected chi connectivity index (χ1v) is 13.1. The summed E-state index contributed by atoms with van der Waals surface area (Å²) in [5.41, 5.74) is 5.90. The van der Waals surface area contributed by atoms with Gasteiger partial charge in [0, 0.05) is 23.9 Å². The number of β-lactam (4-membered cyclic amide) rings is 1. The van der Waals surface area contributed by atoms with E-state index >= 15 is 0 Å². The predicted octanol–water partition coefficient (Wildman–Crippen LogP) is -1.06. The van der Waals surface area contributed by atoms with Gasteiger partial charge in [-0.3, -0.25) is 24.1 Å². The molecule has 1 saturated heterocycles. The van der Waals surface area contributed by atoms with Gasteiger partial charge < -0.3 is 25.9 Å². The minimum absolute atomic E-state index is 0.111. The second kappa shape index (κ2) is 10.3. The van der Waals surface area contributed by atoms with Crippen LogP contribution in [0, 0.1) is 0 Å². The number of oxime groups is 1. The molecule has 4 rings (SSSR count). The van der Waals surface area contributed by atoms with Crippen molar-refractivity contribution in [2.45, 2.75) is 11.4 Å². The number of thiazole rings is 1. The maximum absolute atomic E-state index is 12.9. The molecule has 2 atom stereocenters. The number of carboxylic acids is 1. The molecule has 3 aliphatic rings. The van der Waals surface area contributed by atoms with Crippen molar-refractivity contribution in [2.75, 3.05) is 37.9 Å². The van der Waals surface area contributed by atoms with E-state index in [1.54, 1.807) is 7.05 Å². The molecule has 1 aromatic rings. The Bertz CT molecular complexity index is 1260. The van der Waals surface area contributed by atoms with E-state index in [0.717, 1.165) is 28.0 Å². The Hall–Kier alpha value is -3.44. The number of anilines is 1. The van der Waals surface area contributed by atoms with Crippen molar-refractivity contribution in [1.29, 1.82) is 0 Å². The van der Waals surface area contributed by atoms with Gasteiger partial charge in [0.15, 0.2) is 16.0 Å². The van der Waals surface area contributed by atoms with Crippen LogP contribution in [0.3, 0.4) is 0 Å². The fourth-order valence-electron chi connectivity index (χ4n) is 3.58. The molecule has 17 heteroatoms. The lowest BCUT2D eigenvalue weighted by Crippen LogP contribution is -2.71. The minimum Gasteiger partial charge on any atom is -0.477 e. The molecule has 0 bridgehead atoms. The highest BCUT2D eigenvalue weighted by Gasteiger charge is 2.54. The molecule has 0 unspecified atom stereocenters. The van der Waals surface area contributed by atoms with Crippen molar-refractivity contribution in [1.82, 2.24) is 20.1 Å². The second-order valence-electron chi connectivity index (χ2n) is 7.58. The number of rotatable bonds is 7. The Kier molecular flexibility index (Phi) is 7.32. The Morgan fingerprint density at radius 2 is 2.14 bits per heavy atom. The zero-order chi connectivity index (χ0) is 26.1. The van der Waals surface area contributed by atoms with Crippen molar-refractivity contribution < 1.29 is 33.9 Å². The van der Waals surface area contributed by atoms with Gasteiger partial charge in [-0.1, -0.05) is 16.9 Å². The second-order valence-corrected chi connectivity index (χ2v) is 10.5. The number of nitrogen functional groups attached to an aromatic ring is 1. The van der Waals surface area contributed by atoms with Crippen LogP contribution in [0.2, 0.25) is 0 Å². The molecular weight excluding hydrogens is 534 g/mol. The summed E-state index contributed by atoms with van der Waals surface area (Å²) < 4.78 is 0. The summed E-state index contributed by atoms with van der Waals surface area (Å²) in [6.07, 6.45) is 0. The van der Waals surface area contributed by atoms with E-state index in [1.807, 2.05) is 0 Å². The molecule has 0 radical (unpaired) electrons. The SMILES string of the molecule is CO/N=C(\C(=O)N[C@@H]1C(=O)N2C(C(=O)O)=C(CSC3=NC(=O)C(=O)CN3C)CS[C@H]12)c1csc(N)n1. The van der Waals surface area contributed by atoms with Crippen LogP contribution in [0.1, 0.15) is 5.69 Å². The maximum Gasteiger partial charge on any atom is 0.352 e. The first-order chi connectivity index (χ1) is 17.1. The zero-order valence-corrected chi connectivity index (χ0v) is 21.2. The molecule has 3 amide bonds. The average Bonchev–Trinajstić information content (AvgIpc) is 3.27. The molecule has 1 fully saturated rings. The van der Waals surface area contributed by atoms with Gasteiger partial charge in [0.05, 0.1) is 6.54 Å². The lowest BCUT2D eigenvalue weighted by atomic mass is 10.0. The van der Waals surface area contributed by atoms with Gasteiger partial charge in [-0.25, -0.2) is 9.78 Å². The third-order valence-electron chi connectivity index (χ3n) is 5.22. The molecule has 0 aliphatic carbocycles. The summed E-state index contributed by atoms with van der Waals surface area (Å²) >= 11 is 3.49. The van der Waals surface area contributed by atoms with E-state index in [0.29, 0.717) is 5.57 Å². The molecule has 36 heavy (non-hydrogen) atoms. The Morgan fingerprint density at radius 3 is 2.78 bits per heavy atom. The van der Waals surface area contributed by atoms with Crippen LogP contribution in [-0.2, 0) is 28.8 Å². The number of fused-ring (bicyclic) bond motifs is 1. The summed E-state index contributed by atoms with van der Waals surface area (Å²) in [7, 11) is 2.85.